The molecular weight excluding hydrogens is 360 g/mol. The first-order valence-electron chi connectivity index (χ1n) is 10.2. The molecule has 1 amide bonds. The minimum Gasteiger partial charge on any atom is -0.357 e. The molecule has 0 spiro atoms. The van der Waals surface area contributed by atoms with Crippen LogP contribution in [-0.4, -0.2) is 29.0 Å². The van der Waals surface area contributed by atoms with Crippen molar-refractivity contribution in [2.75, 3.05) is 23.3 Å². The maximum Gasteiger partial charge on any atom is 0.255 e. The third kappa shape index (κ3) is 4.62. The average Bonchev–Trinajstić information content (AvgIpc) is 2.74. The Kier molecular flexibility index (Phi) is 5.56. The highest BCUT2D eigenvalue weighted by molar-refractivity contribution is 6.05. The Morgan fingerprint density at radius 2 is 1.69 bits per heavy atom. The van der Waals surface area contributed by atoms with Crippen molar-refractivity contribution >= 4 is 17.4 Å². The summed E-state index contributed by atoms with van der Waals surface area (Å²) in [6.45, 7) is 6.13. The number of nitrogens with zero attached hydrogens (tertiary/aromatic N) is 3. The maximum atomic E-state index is 12.8. The van der Waals surface area contributed by atoms with Crippen LogP contribution < -0.4 is 10.2 Å². The molecule has 2 heterocycles. The quantitative estimate of drug-likeness (QED) is 0.685. The molecule has 0 saturated carbocycles. The molecule has 5 heteroatoms. The number of aromatic nitrogens is 2. The summed E-state index contributed by atoms with van der Waals surface area (Å²) < 4.78 is 0. The van der Waals surface area contributed by atoms with E-state index in [9.17, 15) is 4.79 Å². The third-order valence-corrected chi connectivity index (χ3v) is 5.23. The molecule has 1 fully saturated rings. The van der Waals surface area contributed by atoms with Gasteiger partial charge < -0.3 is 10.2 Å². The van der Waals surface area contributed by atoms with Crippen LogP contribution in [0.5, 0.6) is 0 Å². The van der Waals surface area contributed by atoms with Gasteiger partial charge in [-0.25, -0.2) is 9.97 Å². The number of hydrogen-bond acceptors (Lipinski definition) is 4. The smallest absolute Gasteiger partial charge is 0.255 e. The predicted octanol–water partition coefficient (Wildman–Crippen LogP) is 5.00. The average molecular weight is 386 g/mol. The van der Waals surface area contributed by atoms with Gasteiger partial charge in [0.1, 0.15) is 12.1 Å². The molecule has 0 unspecified atom stereocenters. The van der Waals surface area contributed by atoms with Gasteiger partial charge in [-0.05, 0) is 68.5 Å². The normalized spacial score (nSPS) is 13.9. The van der Waals surface area contributed by atoms with Crippen LogP contribution in [0.15, 0.2) is 54.9 Å². The molecule has 1 aromatic heterocycles. The first-order valence-corrected chi connectivity index (χ1v) is 10.2. The molecule has 4 rings (SSSR count). The summed E-state index contributed by atoms with van der Waals surface area (Å²) in [6, 6.07) is 15.7. The van der Waals surface area contributed by atoms with E-state index in [1.54, 1.807) is 6.33 Å². The first-order chi connectivity index (χ1) is 14.1. The number of piperidine rings is 1. The minimum absolute atomic E-state index is 0.123. The van der Waals surface area contributed by atoms with Crippen molar-refractivity contribution < 1.29 is 4.79 Å². The monoisotopic (exact) mass is 386 g/mol. The predicted molar refractivity (Wildman–Crippen MR) is 117 cm³/mol. The molecule has 148 valence electrons. The van der Waals surface area contributed by atoms with Gasteiger partial charge in [-0.15, -0.1) is 0 Å². The largest absolute Gasteiger partial charge is 0.357 e. The number of carbonyl (C=O) groups excluding carboxylic acids is 1. The van der Waals surface area contributed by atoms with Crippen LogP contribution in [0.3, 0.4) is 0 Å². The van der Waals surface area contributed by atoms with Crippen LogP contribution in [0.2, 0.25) is 0 Å². The highest BCUT2D eigenvalue weighted by Gasteiger charge is 2.14. The topological polar surface area (TPSA) is 58.1 Å². The lowest BCUT2D eigenvalue weighted by Gasteiger charge is -2.27. The van der Waals surface area contributed by atoms with Gasteiger partial charge in [0.25, 0.3) is 5.91 Å². The van der Waals surface area contributed by atoms with Crippen molar-refractivity contribution in [2.24, 2.45) is 0 Å². The van der Waals surface area contributed by atoms with Crippen molar-refractivity contribution in [1.82, 2.24) is 9.97 Å². The Bertz CT molecular complexity index is 1000. The van der Waals surface area contributed by atoms with Gasteiger partial charge in [0.05, 0.1) is 5.69 Å². The minimum atomic E-state index is -0.123. The van der Waals surface area contributed by atoms with Crippen molar-refractivity contribution in [2.45, 2.75) is 33.1 Å². The molecule has 1 aliphatic heterocycles. The Labute approximate surface area is 171 Å². The van der Waals surface area contributed by atoms with Gasteiger partial charge in [-0.3, -0.25) is 4.79 Å². The van der Waals surface area contributed by atoms with Crippen LogP contribution in [0.1, 0.15) is 40.7 Å². The third-order valence-electron chi connectivity index (χ3n) is 5.23. The Hall–Kier alpha value is -3.21. The molecule has 1 N–H and O–H groups in total. The van der Waals surface area contributed by atoms with E-state index in [4.69, 9.17) is 0 Å². The molecule has 1 aliphatic rings. The first kappa shape index (κ1) is 19.1. The van der Waals surface area contributed by atoms with E-state index in [0.29, 0.717) is 5.56 Å². The second kappa shape index (κ2) is 8.43. The molecule has 1 saturated heterocycles. The van der Waals surface area contributed by atoms with Crippen LogP contribution in [0, 0.1) is 13.8 Å². The zero-order valence-electron chi connectivity index (χ0n) is 17.0. The van der Waals surface area contributed by atoms with Crippen molar-refractivity contribution in [3.63, 3.8) is 0 Å². The van der Waals surface area contributed by atoms with E-state index in [0.717, 1.165) is 47.0 Å². The molecule has 2 aromatic carbocycles. The summed E-state index contributed by atoms with van der Waals surface area (Å²) in [5, 5.41) is 3.00. The highest BCUT2D eigenvalue weighted by Crippen LogP contribution is 2.24. The number of rotatable bonds is 4. The van der Waals surface area contributed by atoms with Gasteiger partial charge in [0.2, 0.25) is 0 Å². The second-order valence-electron chi connectivity index (χ2n) is 7.72. The standard InChI is InChI=1S/C24H26N4O/c1-17-11-18(2)13-21(12-17)27-24(29)20-8-6-7-19(14-20)22-15-23(26-16-25-22)28-9-4-3-5-10-28/h6-8,11-16H,3-5,9-10H2,1-2H3,(H,27,29). The summed E-state index contributed by atoms with van der Waals surface area (Å²) in [7, 11) is 0. The summed E-state index contributed by atoms with van der Waals surface area (Å²) in [5.74, 6) is 0.835. The van der Waals surface area contributed by atoms with E-state index in [1.165, 1.54) is 19.3 Å². The van der Waals surface area contributed by atoms with Crippen LogP contribution in [0.25, 0.3) is 11.3 Å². The number of hydrogen-bond donors (Lipinski definition) is 1. The van der Waals surface area contributed by atoms with Crippen LogP contribution >= 0.6 is 0 Å². The summed E-state index contributed by atoms with van der Waals surface area (Å²) >= 11 is 0. The van der Waals surface area contributed by atoms with E-state index < -0.39 is 0 Å². The molecule has 5 nitrogen and oxygen atoms in total. The molecule has 0 atom stereocenters. The maximum absolute atomic E-state index is 12.8. The molecule has 29 heavy (non-hydrogen) atoms. The van der Waals surface area contributed by atoms with Gasteiger partial charge in [-0.1, -0.05) is 18.2 Å². The van der Waals surface area contributed by atoms with Gasteiger partial charge in [0.15, 0.2) is 0 Å². The Balaban J connectivity index is 1.56. The number of carbonyl (C=O) groups is 1. The lowest BCUT2D eigenvalue weighted by molar-refractivity contribution is 0.102. The number of anilines is 2. The molecule has 0 aliphatic carbocycles. The van der Waals surface area contributed by atoms with Gasteiger partial charge in [-0.2, -0.15) is 0 Å². The van der Waals surface area contributed by atoms with Crippen LogP contribution in [0.4, 0.5) is 11.5 Å². The fraction of sp³-hybridized carbons (Fsp3) is 0.292. The lowest BCUT2D eigenvalue weighted by Crippen LogP contribution is -2.30. The molecule has 0 radical (unpaired) electrons. The SMILES string of the molecule is Cc1cc(C)cc(NC(=O)c2cccc(-c3cc(N4CCCCC4)ncn3)c2)c1. The Morgan fingerprint density at radius 1 is 0.931 bits per heavy atom. The number of benzene rings is 2. The fourth-order valence-electron chi connectivity index (χ4n) is 3.87. The number of aryl methyl sites for hydroxylation is 2. The van der Waals surface area contributed by atoms with Gasteiger partial charge in [0, 0.05) is 36.0 Å². The fourth-order valence-corrected chi connectivity index (χ4v) is 3.87. The van der Waals surface area contributed by atoms with Crippen molar-refractivity contribution in [3.05, 3.63) is 71.5 Å². The van der Waals surface area contributed by atoms with E-state index in [1.807, 2.05) is 56.3 Å². The van der Waals surface area contributed by atoms with E-state index in [2.05, 4.69) is 26.3 Å². The van der Waals surface area contributed by atoms with E-state index >= 15 is 0 Å². The summed E-state index contributed by atoms with van der Waals surface area (Å²) in [5.41, 5.74) is 5.42. The van der Waals surface area contributed by atoms with E-state index in [-0.39, 0.29) is 5.91 Å². The van der Waals surface area contributed by atoms with Gasteiger partial charge >= 0.3 is 0 Å². The second-order valence-corrected chi connectivity index (χ2v) is 7.72. The molecule has 3 aromatic rings. The summed E-state index contributed by atoms with van der Waals surface area (Å²) in [4.78, 5) is 24.0. The van der Waals surface area contributed by atoms with Crippen molar-refractivity contribution in [3.8, 4) is 11.3 Å². The molecular formula is C24H26N4O. The number of amides is 1. The summed E-state index contributed by atoms with van der Waals surface area (Å²) in [6.07, 6.45) is 5.30. The van der Waals surface area contributed by atoms with Crippen molar-refractivity contribution in [1.29, 1.82) is 0 Å². The zero-order chi connectivity index (χ0) is 20.2. The number of nitrogens with one attached hydrogen (secondary N) is 1. The lowest BCUT2D eigenvalue weighted by atomic mass is 10.1. The highest BCUT2D eigenvalue weighted by atomic mass is 16.1. The van der Waals surface area contributed by atoms with Crippen LogP contribution in [-0.2, 0) is 0 Å². The zero-order valence-corrected chi connectivity index (χ0v) is 17.0. The molecule has 0 bridgehead atoms. The Morgan fingerprint density at radius 3 is 2.45 bits per heavy atom.